The molecule has 0 aliphatic carbocycles. The quantitative estimate of drug-likeness (QED) is 0.597. The van der Waals surface area contributed by atoms with Crippen LogP contribution in [0.1, 0.15) is 4.88 Å². The van der Waals surface area contributed by atoms with E-state index in [0.717, 1.165) is 8.66 Å². The molecule has 0 unspecified atom stereocenters. The van der Waals surface area contributed by atoms with Crippen LogP contribution < -0.4 is 0 Å². The van der Waals surface area contributed by atoms with Gasteiger partial charge in [0.15, 0.2) is 0 Å². The fourth-order valence-corrected chi connectivity index (χ4v) is 2.16. The molecule has 0 aliphatic heterocycles. The zero-order chi connectivity index (χ0) is 8.27. The zero-order valence-electron chi connectivity index (χ0n) is 5.62. The third-order valence-electron chi connectivity index (χ3n) is 1.17. The van der Waals surface area contributed by atoms with Gasteiger partial charge < -0.3 is 0 Å². The second-order valence-electron chi connectivity index (χ2n) is 2.01. The fourth-order valence-electron chi connectivity index (χ4n) is 0.688. The van der Waals surface area contributed by atoms with E-state index < -0.39 is 0 Å². The topological polar surface area (TPSA) is 43.1 Å². The molecule has 60 valence electrons. The summed E-state index contributed by atoms with van der Waals surface area (Å²) in [6.07, 6.45) is 0.531. The Morgan fingerprint density at radius 2 is 2.36 bits per heavy atom. The molecule has 1 heterocycles. The van der Waals surface area contributed by atoms with Crippen LogP contribution in [-0.4, -0.2) is 11.5 Å². The van der Waals surface area contributed by atoms with Gasteiger partial charge in [0, 0.05) is 16.2 Å². The number of hydrogen-bond donors (Lipinski definition) is 0. The molecule has 0 saturated carbocycles. The number of nitrogens with zero attached hydrogens (tertiary/aromatic N) is 1. The predicted octanol–water partition coefficient (Wildman–Crippen LogP) is 2.33. The van der Waals surface area contributed by atoms with Gasteiger partial charge in [0.05, 0.1) is 3.79 Å². The van der Waals surface area contributed by atoms with Gasteiger partial charge in [0.1, 0.15) is 0 Å². The van der Waals surface area contributed by atoms with Crippen LogP contribution in [0.25, 0.3) is 0 Å². The Labute approximate surface area is 76.3 Å². The van der Waals surface area contributed by atoms with E-state index in [-0.39, 0.29) is 11.5 Å². The highest BCUT2D eigenvalue weighted by Crippen LogP contribution is 2.22. The summed E-state index contributed by atoms with van der Waals surface area (Å²) in [5, 5.41) is 9.98. The van der Waals surface area contributed by atoms with E-state index in [1.54, 1.807) is 11.3 Å². The van der Waals surface area contributed by atoms with Gasteiger partial charge in [-0.05, 0) is 28.1 Å². The van der Waals surface area contributed by atoms with Crippen LogP contribution in [0.15, 0.2) is 15.9 Å². The molecule has 0 aromatic carbocycles. The van der Waals surface area contributed by atoms with Gasteiger partial charge in [-0.1, -0.05) is 0 Å². The molecule has 1 rings (SSSR count). The summed E-state index contributed by atoms with van der Waals surface area (Å²) in [4.78, 5) is 10.7. The summed E-state index contributed by atoms with van der Waals surface area (Å²) in [6.45, 7) is 0.0208. The summed E-state index contributed by atoms with van der Waals surface area (Å²) in [5.74, 6) is 0. The molecule has 1 aromatic heterocycles. The monoisotopic (exact) mass is 235 g/mol. The summed E-state index contributed by atoms with van der Waals surface area (Å²) in [6, 6.07) is 3.80. The number of thiophene rings is 1. The largest absolute Gasteiger partial charge is 0.265 e. The van der Waals surface area contributed by atoms with Crippen LogP contribution in [0.3, 0.4) is 0 Å². The maximum absolute atomic E-state index is 9.98. The normalized spacial score (nSPS) is 9.91. The lowest BCUT2D eigenvalue weighted by Crippen LogP contribution is -2.02. The SMILES string of the molecule is O=[N+]([O-])CCc1ccc(Br)s1. The van der Waals surface area contributed by atoms with Crippen LogP contribution in [0, 0.1) is 10.1 Å². The summed E-state index contributed by atoms with van der Waals surface area (Å²) in [5.41, 5.74) is 0. The minimum absolute atomic E-state index is 0.0208. The van der Waals surface area contributed by atoms with Crippen molar-refractivity contribution in [2.75, 3.05) is 6.54 Å². The Morgan fingerprint density at radius 1 is 1.64 bits per heavy atom. The first kappa shape index (κ1) is 8.67. The Bertz CT molecular complexity index is 261. The van der Waals surface area contributed by atoms with Gasteiger partial charge in [-0.15, -0.1) is 11.3 Å². The van der Waals surface area contributed by atoms with E-state index in [9.17, 15) is 10.1 Å². The van der Waals surface area contributed by atoms with Gasteiger partial charge in [-0.25, -0.2) is 0 Å². The van der Waals surface area contributed by atoms with E-state index in [1.807, 2.05) is 12.1 Å². The maximum Gasteiger partial charge on any atom is 0.208 e. The molecule has 0 amide bonds. The molecule has 3 nitrogen and oxygen atoms in total. The van der Waals surface area contributed by atoms with Crippen molar-refractivity contribution in [3.63, 3.8) is 0 Å². The van der Waals surface area contributed by atoms with Crippen LogP contribution in [0.2, 0.25) is 0 Å². The van der Waals surface area contributed by atoms with Crippen molar-refractivity contribution in [1.82, 2.24) is 0 Å². The summed E-state index contributed by atoms with van der Waals surface area (Å²) < 4.78 is 1.02. The van der Waals surface area contributed by atoms with Crippen molar-refractivity contribution in [3.05, 3.63) is 30.9 Å². The molecule has 0 fully saturated rings. The van der Waals surface area contributed by atoms with Crippen LogP contribution in [-0.2, 0) is 6.42 Å². The predicted molar refractivity (Wildman–Crippen MR) is 47.6 cm³/mol. The smallest absolute Gasteiger partial charge is 0.208 e. The lowest BCUT2D eigenvalue weighted by molar-refractivity contribution is -0.479. The molecule has 0 N–H and O–H groups in total. The van der Waals surface area contributed by atoms with Gasteiger partial charge >= 0.3 is 0 Å². The minimum Gasteiger partial charge on any atom is -0.265 e. The lowest BCUT2D eigenvalue weighted by atomic mass is 10.3. The molecular formula is C6H6BrNO2S. The van der Waals surface area contributed by atoms with Gasteiger partial charge in [-0.3, -0.25) is 10.1 Å². The first-order valence-corrected chi connectivity index (χ1v) is 4.65. The van der Waals surface area contributed by atoms with Gasteiger partial charge in [-0.2, -0.15) is 0 Å². The third-order valence-corrected chi connectivity index (χ3v) is 2.85. The fraction of sp³-hybridized carbons (Fsp3) is 0.333. The molecule has 0 aliphatic rings. The number of nitro groups is 1. The van der Waals surface area contributed by atoms with Crippen molar-refractivity contribution >= 4 is 27.3 Å². The van der Waals surface area contributed by atoms with Crippen molar-refractivity contribution in [3.8, 4) is 0 Å². The second kappa shape index (κ2) is 3.82. The molecular weight excluding hydrogens is 230 g/mol. The van der Waals surface area contributed by atoms with Gasteiger partial charge in [0.25, 0.3) is 0 Å². The number of hydrogen-bond acceptors (Lipinski definition) is 3. The third kappa shape index (κ3) is 2.98. The average Bonchev–Trinajstić information content (AvgIpc) is 2.31. The highest BCUT2D eigenvalue weighted by molar-refractivity contribution is 9.11. The standard InChI is InChI=1S/C6H6BrNO2S/c7-6-2-1-5(11-6)3-4-8(9)10/h1-2H,3-4H2. The Morgan fingerprint density at radius 3 is 2.82 bits per heavy atom. The first-order chi connectivity index (χ1) is 5.18. The first-order valence-electron chi connectivity index (χ1n) is 3.04. The molecule has 11 heavy (non-hydrogen) atoms. The van der Waals surface area contributed by atoms with Crippen molar-refractivity contribution in [2.45, 2.75) is 6.42 Å². The molecule has 0 atom stereocenters. The Kier molecular flexibility index (Phi) is 3.02. The van der Waals surface area contributed by atoms with Crippen LogP contribution in [0.5, 0.6) is 0 Å². The zero-order valence-corrected chi connectivity index (χ0v) is 8.02. The highest BCUT2D eigenvalue weighted by Gasteiger charge is 2.01. The van der Waals surface area contributed by atoms with Crippen molar-refractivity contribution in [2.24, 2.45) is 0 Å². The van der Waals surface area contributed by atoms with Crippen LogP contribution in [0.4, 0.5) is 0 Å². The number of halogens is 1. The van der Waals surface area contributed by atoms with Crippen molar-refractivity contribution in [1.29, 1.82) is 0 Å². The maximum atomic E-state index is 9.98. The van der Waals surface area contributed by atoms with E-state index in [4.69, 9.17) is 0 Å². The molecule has 0 bridgehead atoms. The van der Waals surface area contributed by atoms with E-state index >= 15 is 0 Å². The van der Waals surface area contributed by atoms with Gasteiger partial charge in [0.2, 0.25) is 6.54 Å². The molecule has 1 aromatic rings. The van der Waals surface area contributed by atoms with E-state index in [1.165, 1.54) is 0 Å². The van der Waals surface area contributed by atoms with Crippen molar-refractivity contribution < 1.29 is 4.92 Å². The average molecular weight is 236 g/mol. The highest BCUT2D eigenvalue weighted by atomic mass is 79.9. The Hall–Kier alpha value is -0.420. The Balaban J connectivity index is 2.45. The lowest BCUT2D eigenvalue weighted by Gasteiger charge is -1.88. The molecule has 0 saturated heterocycles. The van der Waals surface area contributed by atoms with Crippen LogP contribution >= 0.6 is 27.3 Å². The molecule has 0 radical (unpaired) electrons. The van der Waals surface area contributed by atoms with E-state index in [2.05, 4.69) is 15.9 Å². The minimum atomic E-state index is -0.298. The van der Waals surface area contributed by atoms with E-state index in [0.29, 0.717) is 6.42 Å². The summed E-state index contributed by atoms with van der Waals surface area (Å²) >= 11 is 4.83. The molecule has 0 spiro atoms. The summed E-state index contributed by atoms with van der Waals surface area (Å²) in [7, 11) is 0. The second-order valence-corrected chi connectivity index (χ2v) is 4.56. The molecule has 5 heteroatoms. The number of rotatable bonds is 3.